The summed E-state index contributed by atoms with van der Waals surface area (Å²) in [6.45, 7) is 5.23. The van der Waals surface area contributed by atoms with Crippen molar-refractivity contribution in [2.75, 3.05) is 0 Å². The van der Waals surface area contributed by atoms with Crippen LogP contribution in [0.15, 0.2) is 30.3 Å². The molecule has 0 spiro atoms. The van der Waals surface area contributed by atoms with Crippen LogP contribution in [0.25, 0.3) is 0 Å². The maximum Gasteiger partial charge on any atom is 0.372 e. The van der Waals surface area contributed by atoms with Gasteiger partial charge in [-0.3, -0.25) is 4.89 Å². The summed E-state index contributed by atoms with van der Waals surface area (Å²) >= 11 is 0. The summed E-state index contributed by atoms with van der Waals surface area (Å²) in [4.78, 5) is 14.0. The fourth-order valence-corrected chi connectivity index (χ4v) is 0.627. The average Bonchev–Trinajstić information content (AvgIpc) is 2.15. The Balaban J connectivity index is 0.000000336. The van der Waals surface area contributed by atoms with Crippen LogP contribution < -0.4 is 0 Å². The minimum absolute atomic E-state index is 0.338. The third-order valence-corrected chi connectivity index (χ3v) is 1.09. The molecule has 0 aromatic heterocycles. The Morgan fingerprint density at radius 1 is 1.20 bits per heavy atom. The standard InChI is InChI=1S/C7H6O3.C4H10O/c8-7(10-9)6-4-2-1-3-5-6;1-4(2,3)5/h1-5,9H;5H,1-3H3. The molecule has 0 bridgehead atoms. The molecule has 0 fully saturated rings. The van der Waals surface area contributed by atoms with E-state index in [2.05, 4.69) is 4.89 Å². The number of carbonyl (C=O) groups excluding carboxylic acids is 1. The van der Waals surface area contributed by atoms with Gasteiger partial charge in [-0.05, 0) is 32.9 Å². The number of rotatable bonds is 1. The van der Waals surface area contributed by atoms with Gasteiger partial charge in [0.15, 0.2) is 0 Å². The van der Waals surface area contributed by atoms with Crippen LogP contribution in [0.4, 0.5) is 0 Å². The summed E-state index contributed by atoms with van der Waals surface area (Å²) in [5.74, 6) is -0.736. The number of hydrogen-bond donors (Lipinski definition) is 2. The maximum atomic E-state index is 10.5. The largest absolute Gasteiger partial charge is 0.391 e. The van der Waals surface area contributed by atoms with Crippen molar-refractivity contribution < 1.29 is 20.0 Å². The second-order valence-electron chi connectivity index (χ2n) is 3.92. The summed E-state index contributed by atoms with van der Waals surface area (Å²) < 4.78 is 0. The van der Waals surface area contributed by atoms with Gasteiger partial charge < -0.3 is 5.11 Å². The normalized spacial score (nSPS) is 9.93. The summed E-state index contributed by atoms with van der Waals surface area (Å²) in [6.07, 6.45) is 0. The van der Waals surface area contributed by atoms with Crippen LogP contribution in [0.3, 0.4) is 0 Å². The summed E-state index contributed by atoms with van der Waals surface area (Å²) in [6, 6.07) is 8.25. The molecule has 84 valence electrons. The fourth-order valence-electron chi connectivity index (χ4n) is 0.627. The lowest BCUT2D eigenvalue weighted by atomic mass is 10.2. The molecule has 1 rings (SSSR count). The second kappa shape index (κ2) is 6.16. The van der Waals surface area contributed by atoms with Gasteiger partial charge in [-0.15, -0.1) is 0 Å². The van der Waals surface area contributed by atoms with Crippen LogP contribution in [-0.4, -0.2) is 21.9 Å². The van der Waals surface area contributed by atoms with Crippen molar-refractivity contribution in [3.8, 4) is 0 Å². The molecule has 0 atom stereocenters. The van der Waals surface area contributed by atoms with Gasteiger partial charge in [0.2, 0.25) is 0 Å². The molecule has 0 aliphatic heterocycles. The van der Waals surface area contributed by atoms with E-state index in [9.17, 15) is 4.79 Å². The molecule has 1 aromatic rings. The van der Waals surface area contributed by atoms with E-state index in [1.54, 1.807) is 51.1 Å². The third-order valence-electron chi connectivity index (χ3n) is 1.09. The van der Waals surface area contributed by atoms with E-state index < -0.39 is 11.6 Å². The van der Waals surface area contributed by atoms with Gasteiger partial charge in [0.1, 0.15) is 0 Å². The van der Waals surface area contributed by atoms with Crippen molar-refractivity contribution >= 4 is 5.97 Å². The smallest absolute Gasteiger partial charge is 0.372 e. The number of hydrogen-bond acceptors (Lipinski definition) is 4. The highest BCUT2D eigenvalue weighted by molar-refractivity contribution is 5.88. The zero-order chi connectivity index (χ0) is 11.9. The van der Waals surface area contributed by atoms with E-state index in [0.717, 1.165) is 0 Å². The number of aliphatic hydroxyl groups is 1. The van der Waals surface area contributed by atoms with E-state index >= 15 is 0 Å². The Morgan fingerprint density at radius 2 is 1.60 bits per heavy atom. The van der Waals surface area contributed by atoms with E-state index in [1.807, 2.05) is 0 Å². The SMILES string of the molecule is CC(C)(C)O.O=C(OO)c1ccccc1. The molecule has 0 amide bonds. The van der Waals surface area contributed by atoms with E-state index in [0.29, 0.717) is 5.56 Å². The maximum absolute atomic E-state index is 10.5. The van der Waals surface area contributed by atoms with Gasteiger partial charge in [-0.1, -0.05) is 18.2 Å². The lowest BCUT2D eigenvalue weighted by Crippen LogP contribution is -2.10. The molecule has 0 unspecified atom stereocenters. The van der Waals surface area contributed by atoms with Gasteiger partial charge in [-0.2, -0.15) is 5.26 Å². The molecule has 2 N–H and O–H groups in total. The molecule has 0 aliphatic carbocycles. The van der Waals surface area contributed by atoms with E-state index in [-0.39, 0.29) is 0 Å². The van der Waals surface area contributed by atoms with Crippen molar-refractivity contribution in [3.05, 3.63) is 35.9 Å². The van der Waals surface area contributed by atoms with Crippen LogP contribution >= 0.6 is 0 Å². The van der Waals surface area contributed by atoms with Gasteiger partial charge in [0.05, 0.1) is 11.2 Å². The van der Waals surface area contributed by atoms with Gasteiger partial charge in [-0.25, -0.2) is 4.79 Å². The Morgan fingerprint density at radius 3 is 1.93 bits per heavy atom. The first-order chi connectivity index (χ1) is 6.84. The predicted molar refractivity (Wildman–Crippen MR) is 56.5 cm³/mol. The topological polar surface area (TPSA) is 66.8 Å². The van der Waals surface area contributed by atoms with Gasteiger partial charge >= 0.3 is 5.97 Å². The molecule has 0 saturated carbocycles. The summed E-state index contributed by atoms with van der Waals surface area (Å²) in [5.41, 5.74) is -0.162. The lowest BCUT2D eigenvalue weighted by molar-refractivity contribution is -0.182. The van der Waals surface area contributed by atoms with Gasteiger partial charge in [0.25, 0.3) is 0 Å². The summed E-state index contributed by atoms with van der Waals surface area (Å²) in [5, 5.41) is 16.5. The minimum Gasteiger partial charge on any atom is -0.391 e. The van der Waals surface area contributed by atoms with Crippen LogP contribution in [0.2, 0.25) is 0 Å². The zero-order valence-corrected chi connectivity index (χ0v) is 9.10. The molecule has 0 saturated heterocycles. The molecule has 1 aromatic carbocycles. The second-order valence-corrected chi connectivity index (χ2v) is 3.92. The quantitative estimate of drug-likeness (QED) is 0.552. The predicted octanol–water partition coefficient (Wildman–Crippen LogP) is 2.09. The Bertz CT molecular complexity index is 281. The first-order valence-corrected chi connectivity index (χ1v) is 4.48. The van der Waals surface area contributed by atoms with Crippen LogP contribution in [0, 0.1) is 0 Å². The van der Waals surface area contributed by atoms with Crippen LogP contribution in [-0.2, 0) is 4.89 Å². The molecule has 0 heterocycles. The first-order valence-electron chi connectivity index (χ1n) is 4.48. The average molecular weight is 212 g/mol. The Hall–Kier alpha value is -1.39. The van der Waals surface area contributed by atoms with Crippen molar-refractivity contribution in [2.45, 2.75) is 26.4 Å². The molecule has 0 aliphatic rings. The van der Waals surface area contributed by atoms with Crippen molar-refractivity contribution in [1.82, 2.24) is 0 Å². The van der Waals surface area contributed by atoms with Gasteiger partial charge in [0, 0.05) is 0 Å². The Kier molecular flexibility index (Phi) is 5.59. The fraction of sp³-hybridized carbons (Fsp3) is 0.364. The molecule has 4 heteroatoms. The van der Waals surface area contributed by atoms with Crippen molar-refractivity contribution in [1.29, 1.82) is 0 Å². The molecular formula is C11H16O4. The number of carbonyl (C=O) groups is 1. The Labute approximate surface area is 89.1 Å². The van der Waals surface area contributed by atoms with Crippen LogP contribution in [0.1, 0.15) is 31.1 Å². The van der Waals surface area contributed by atoms with E-state index in [1.165, 1.54) is 0 Å². The van der Waals surface area contributed by atoms with Crippen LogP contribution in [0.5, 0.6) is 0 Å². The molecule has 4 nitrogen and oxygen atoms in total. The third kappa shape index (κ3) is 8.93. The lowest BCUT2D eigenvalue weighted by Gasteiger charge is -2.04. The highest BCUT2D eigenvalue weighted by Crippen LogP contribution is 1.98. The zero-order valence-electron chi connectivity index (χ0n) is 9.10. The molecular weight excluding hydrogens is 196 g/mol. The highest BCUT2D eigenvalue weighted by Gasteiger charge is 2.02. The van der Waals surface area contributed by atoms with E-state index in [4.69, 9.17) is 10.4 Å². The monoisotopic (exact) mass is 212 g/mol. The molecule has 15 heavy (non-hydrogen) atoms. The van der Waals surface area contributed by atoms with Crippen molar-refractivity contribution in [3.63, 3.8) is 0 Å². The molecule has 0 radical (unpaired) electrons. The first kappa shape index (κ1) is 13.6. The number of benzene rings is 1. The van der Waals surface area contributed by atoms with Crippen molar-refractivity contribution in [2.24, 2.45) is 0 Å². The highest BCUT2D eigenvalue weighted by atomic mass is 17.1. The summed E-state index contributed by atoms with van der Waals surface area (Å²) in [7, 11) is 0. The minimum atomic E-state index is -0.736.